The fourth-order valence-electron chi connectivity index (χ4n) is 1.74. The Morgan fingerprint density at radius 3 is 2.57 bits per heavy atom. The van der Waals surface area contributed by atoms with E-state index in [0.717, 1.165) is 11.5 Å². The second kappa shape index (κ2) is 7.28. The zero-order valence-corrected chi connectivity index (χ0v) is 12.1. The van der Waals surface area contributed by atoms with Gasteiger partial charge in [-0.25, -0.2) is 0 Å². The molecule has 110 valence electrons. The molecule has 2 aromatic rings. The van der Waals surface area contributed by atoms with Gasteiger partial charge in [0.2, 0.25) is 0 Å². The lowest BCUT2D eigenvalue weighted by atomic mass is 10.2. The van der Waals surface area contributed by atoms with E-state index in [2.05, 4.69) is 10.3 Å². The molecule has 5 heteroatoms. The molecular formula is C16H18N2O3. The summed E-state index contributed by atoms with van der Waals surface area (Å²) in [5.41, 5.74) is 0.536. The molecule has 1 unspecified atom stereocenters. The van der Waals surface area contributed by atoms with Crippen molar-refractivity contribution in [2.75, 3.05) is 13.7 Å². The van der Waals surface area contributed by atoms with E-state index in [1.165, 1.54) is 6.20 Å². The first-order valence-corrected chi connectivity index (χ1v) is 6.67. The van der Waals surface area contributed by atoms with Crippen LogP contribution in [-0.2, 0) is 0 Å². The van der Waals surface area contributed by atoms with Crippen molar-refractivity contribution in [1.82, 2.24) is 10.3 Å². The summed E-state index contributed by atoms with van der Waals surface area (Å²) in [7, 11) is 1.62. The van der Waals surface area contributed by atoms with Crippen LogP contribution in [0.4, 0.5) is 0 Å². The van der Waals surface area contributed by atoms with E-state index in [9.17, 15) is 4.79 Å². The zero-order valence-electron chi connectivity index (χ0n) is 12.1. The minimum atomic E-state index is -0.158. The van der Waals surface area contributed by atoms with E-state index < -0.39 is 0 Å². The van der Waals surface area contributed by atoms with Crippen molar-refractivity contribution in [1.29, 1.82) is 0 Å². The molecule has 21 heavy (non-hydrogen) atoms. The first-order valence-electron chi connectivity index (χ1n) is 6.67. The normalized spacial score (nSPS) is 11.5. The standard InChI is InChI=1S/C16H18N2O3/c1-12(18-16(19)13-4-3-9-17-10-13)11-21-15-7-5-14(20-2)6-8-15/h3-10,12H,11H2,1-2H3,(H,18,19). The monoisotopic (exact) mass is 286 g/mol. The van der Waals surface area contributed by atoms with Crippen molar-refractivity contribution in [3.8, 4) is 11.5 Å². The maximum Gasteiger partial charge on any atom is 0.253 e. The summed E-state index contributed by atoms with van der Waals surface area (Å²) in [6.07, 6.45) is 3.17. The Balaban J connectivity index is 1.81. The molecule has 0 aliphatic heterocycles. The quantitative estimate of drug-likeness (QED) is 0.885. The van der Waals surface area contributed by atoms with Crippen molar-refractivity contribution in [3.63, 3.8) is 0 Å². The van der Waals surface area contributed by atoms with Gasteiger partial charge in [0.15, 0.2) is 0 Å². The minimum Gasteiger partial charge on any atom is -0.497 e. The van der Waals surface area contributed by atoms with Gasteiger partial charge >= 0.3 is 0 Å². The van der Waals surface area contributed by atoms with Gasteiger partial charge in [0.25, 0.3) is 5.91 Å². The second-order valence-corrected chi connectivity index (χ2v) is 4.60. The van der Waals surface area contributed by atoms with Gasteiger partial charge in [-0.3, -0.25) is 9.78 Å². The predicted octanol–water partition coefficient (Wildman–Crippen LogP) is 2.29. The van der Waals surface area contributed by atoms with Crippen LogP contribution in [0.15, 0.2) is 48.8 Å². The molecule has 5 nitrogen and oxygen atoms in total. The highest BCUT2D eigenvalue weighted by atomic mass is 16.5. The molecule has 2 rings (SSSR count). The highest BCUT2D eigenvalue weighted by molar-refractivity contribution is 5.93. The summed E-state index contributed by atoms with van der Waals surface area (Å²) < 4.78 is 10.7. The third-order valence-electron chi connectivity index (χ3n) is 2.86. The number of pyridine rings is 1. The van der Waals surface area contributed by atoms with Crippen molar-refractivity contribution in [2.45, 2.75) is 13.0 Å². The number of rotatable bonds is 6. The molecule has 0 saturated carbocycles. The zero-order chi connectivity index (χ0) is 15.1. The Labute approximate surface area is 123 Å². The molecule has 1 aromatic heterocycles. The number of nitrogens with one attached hydrogen (secondary N) is 1. The molecule has 0 aliphatic rings. The van der Waals surface area contributed by atoms with Crippen molar-refractivity contribution in [2.24, 2.45) is 0 Å². The van der Waals surface area contributed by atoms with Crippen molar-refractivity contribution in [3.05, 3.63) is 54.4 Å². The van der Waals surface area contributed by atoms with E-state index in [-0.39, 0.29) is 11.9 Å². The number of nitrogens with zero attached hydrogens (tertiary/aromatic N) is 1. The molecule has 0 saturated heterocycles. The molecule has 1 N–H and O–H groups in total. The number of hydrogen-bond donors (Lipinski definition) is 1. The third-order valence-corrected chi connectivity index (χ3v) is 2.86. The van der Waals surface area contributed by atoms with E-state index in [0.29, 0.717) is 12.2 Å². The van der Waals surface area contributed by atoms with Crippen LogP contribution in [0.25, 0.3) is 0 Å². The van der Waals surface area contributed by atoms with Crippen LogP contribution in [0.3, 0.4) is 0 Å². The first kappa shape index (κ1) is 14.8. The van der Waals surface area contributed by atoms with E-state index >= 15 is 0 Å². The fourth-order valence-corrected chi connectivity index (χ4v) is 1.74. The lowest BCUT2D eigenvalue weighted by Gasteiger charge is -2.15. The smallest absolute Gasteiger partial charge is 0.253 e. The number of benzene rings is 1. The Morgan fingerprint density at radius 1 is 1.24 bits per heavy atom. The molecule has 0 bridgehead atoms. The van der Waals surface area contributed by atoms with Crippen LogP contribution < -0.4 is 14.8 Å². The van der Waals surface area contributed by atoms with Gasteiger partial charge in [-0.05, 0) is 43.3 Å². The average molecular weight is 286 g/mol. The van der Waals surface area contributed by atoms with E-state index in [1.54, 1.807) is 25.4 Å². The number of carbonyl (C=O) groups is 1. The second-order valence-electron chi connectivity index (χ2n) is 4.60. The van der Waals surface area contributed by atoms with Gasteiger partial charge in [0.1, 0.15) is 18.1 Å². The van der Waals surface area contributed by atoms with Crippen LogP contribution in [0.1, 0.15) is 17.3 Å². The Morgan fingerprint density at radius 2 is 1.95 bits per heavy atom. The number of carbonyl (C=O) groups excluding carboxylic acids is 1. The number of methoxy groups -OCH3 is 1. The van der Waals surface area contributed by atoms with Crippen LogP contribution in [-0.4, -0.2) is 30.6 Å². The molecule has 1 aromatic carbocycles. The molecule has 1 atom stereocenters. The molecular weight excluding hydrogens is 268 g/mol. The third kappa shape index (κ3) is 4.49. The number of amides is 1. The van der Waals surface area contributed by atoms with Crippen molar-refractivity contribution < 1.29 is 14.3 Å². The van der Waals surface area contributed by atoms with E-state index in [1.807, 2.05) is 31.2 Å². The summed E-state index contributed by atoms with van der Waals surface area (Å²) >= 11 is 0. The molecule has 0 aliphatic carbocycles. The van der Waals surface area contributed by atoms with Gasteiger partial charge in [-0.1, -0.05) is 0 Å². The lowest BCUT2D eigenvalue weighted by Crippen LogP contribution is -2.36. The first-order chi connectivity index (χ1) is 10.2. The van der Waals surface area contributed by atoms with Crippen LogP contribution in [0.2, 0.25) is 0 Å². The van der Waals surface area contributed by atoms with Gasteiger partial charge in [0.05, 0.1) is 18.7 Å². The van der Waals surface area contributed by atoms with Gasteiger partial charge in [0, 0.05) is 12.4 Å². The maximum atomic E-state index is 11.9. The number of hydrogen-bond acceptors (Lipinski definition) is 4. The number of ether oxygens (including phenoxy) is 2. The molecule has 1 heterocycles. The molecule has 0 radical (unpaired) electrons. The van der Waals surface area contributed by atoms with Crippen molar-refractivity contribution >= 4 is 5.91 Å². The predicted molar refractivity (Wildman–Crippen MR) is 79.7 cm³/mol. The SMILES string of the molecule is COc1ccc(OCC(C)NC(=O)c2cccnc2)cc1. The van der Waals surface area contributed by atoms with Crippen LogP contribution in [0, 0.1) is 0 Å². The van der Waals surface area contributed by atoms with Crippen LogP contribution >= 0.6 is 0 Å². The largest absolute Gasteiger partial charge is 0.497 e. The minimum absolute atomic E-state index is 0.111. The summed E-state index contributed by atoms with van der Waals surface area (Å²) in [5.74, 6) is 1.35. The average Bonchev–Trinajstić information content (AvgIpc) is 2.54. The highest BCUT2D eigenvalue weighted by Gasteiger charge is 2.10. The lowest BCUT2D eigenvalue weighted by molar-refractivity contribution is 0.0926. The number of aromatic nitrogens is 1. The van der Waals surface area contributed by atoms with E-state index in [4.69, 9.17) is 9.47 Å². The summed E-state index contributed by atoms with van der Waals surface area (Å²) in [6, 6.07) is 10.7. The Kier molecular flexibility index (Phi) is 5.15. The topological polar surface area (TPSA) is 60.5 Å². The maximum absolute atomic E-state index is 11.9. The molecule has 0 spiro atoms. The fraction of sp³-hybridized carbons (Fsp3) is 0.250. The van der Waals surface area contributed by atoms with Gasteiger partial charge < -0.3 is 14.8 Å². The summed E-state index contributed by atoms with van der Waals surface area (Å²) in [6.45, 7) is 2.27. The highest BCUT2D eigenvalue weighted by Crippen LogP contribution is 2.17. The molecule has 0 fully saturated rings. The summed E-state index contributed by atoms with van der Waals surface area (Å²) in [5, 5.41) is 2.86. The van der Waals surface area contributed by atoms with Gasteiger partial charge in [-0.2, -0.15) is 0 Å². The molecule has 1 amide bonds. The van der Waals surface area contributed by atoms with Crippen LogP contribution in [0.5, 0.6) is 11.5 Å². The Bertz CT molecular complexity index is 570. The summed E-state index contributed by atoms with van der Waals surface area (Å²) in [4.78, 5) is 15.8. The van der Waals surface area contributed by atoms with Gasteiger partial charge in [-0.15, -0.1) is 0 Å². The Hall–Kier alpha value is -2.56.